The SMILES string of the molecule is Cc1cccc(NS(=O)(=O)c2ccc(NC(=O)C3CCN(Cc4cccc(Cl)c4)CC3)cc2)c1. The predicted molar refractivity (Wildman–Crippen MR) is 137 cm³/mol. The summed E-state index contributed by atoms with van der Waals surface area (Å²) in [6.07, 6.45) is 1.55. The molecule has 0 aliphatic carbocycles. The average molecular weight is 498 g/mol. The zero-order valence-electron chi connectivity index (χ0n) is 19.0. The topological polar surface area (TPSA) is 78.5 Å². The Balaban J connectivity index is 1.30. The summed E-state index contributed by atoms with van der Waals surface area (Å²) in [5.41, 5.74) is 3.23. The second kappa shape index (κ2) is 10.6. The molecule has 0 aromatic heterocycles. The van der Waals surface area contributed by atoms with Crippen LogP contribution in [0.1, 0.15) is 24.0 Å². The lowest BCUT2D eigenvalue weighted by atomic mass is 9.95. The van der Waals surface area contributed by atoms with Crippen LogP contribution >= 0.6 is 11.6 Å². The minimum absolute atomic E-state index is 0.0316. The van der Waals surface area contributed by atoms with Crippen molar-refractivity contribution < 1.29 is 13.2 Å². The zero-order chi connectivity index (χ0) is 24.1. The number of halogens is 1. The molecular formula is C26H28ClN3O3S. The second-order valence-electron chi connectivity index (χ2n) is 8.67. The van der Waals surface area contributed by atoms with Crippen LogP contribution in [-0.4, -0.2) is 32.3 Å². The highest BCUT2D eigenvalue weighted by Gasteiger charge is 2.25. The van der Waals surface area contributed by atoms with Crippen LogP contribution in [-0.2, 0) is 21.4 Å². The number of piperidine rings is 1. The third-order valence-corrected chi connectivity index (χ3v) is 7.59. The fourth-order valence-corrected chi connectivity index (χ4v) is 5.39. The number of benzene rings is 3. The molecule has 0 saturated carbocycles. The summed E-state index contributed by atoms with van der Waals surface area (Å²) in [6, 6.07) is 21.3. The van der Waals surface area contributed by atoms with E-state index in [9.17, 15) is 13.2 Å². The fraction of sp³-hybridized carbons (Fsp3) is 0.269. The van der Waals surface area contributed by atoms with Crippen molar-refractivity contribution in [1.82, 2.24) is 4.90 Å². The zero-order valence-corrected chi connectivity index (χ0v) is 20.6. The van der Waals surface area contributed by atoms with Gasteiger partial charge in [0.2, 0.25) is 5.91 Å². The quantitative estimate of drug-likeness (QED) is 0.464. The molecule has 34 heavy (non-hydrogen) atoms. The fourth-order valence-electron chi connectivity index (χ4n) is 4.13. The smallest absolute Gasteiger partial charge is 0.261 e. The van der Waals surface area contributed by atoms with Gasteiger partial charge in [-0.3, -0.25) is 14.4 Å². The van der Waals surface area contributed by atoms with Crippen molar-refractivity contribution in [3.63, 3.8) is 0 Å². The minimum Gasteiger partial charge on any atom is -0.326 e. The van der Waals surface area contributed by atoms with Crippen LogP contribution in [0.2, 0.25) is 5.02 Å². The Kier molecular flexibility index (Phi) is 7.56. The monoisotopic (exact) mass is 497 g/mol. The number of rotatable bonds is 7. The van der Waals surface area contributed by atoms with Crippen LogP contribution in [0.5, 0.6) is 0 Å². The minimum atomic E-state index is -3.71. The Hall–Kier alpha value is -2.87. The first-order chi connectivity index (χ1) is 16.3. The lowest BCUT2D eigenvalue weighted by Gasteiger charge is -2.31. The van der Waals surface area contributed by atoms with Crippen molar-refractivity contribution in [3.8, 4) is 0 Å². The number of sulfonamides is 1. The van der Waals surface area contributed by atoms with E-state index >= 15 is 0 Å². The lowest BCUT2D eigenvalue weighted by Crippen LogP contribution is -2.37. The molecule has 0 spiro atoms. The van der Waals surface area contributed by atoms with Gasteiger partial charge in [0, 0.05) is 28.9 Å². The van der Waals surface area contributed by atoms with Gasteiger partial charge in [0.1, 0.15) is 0 Å². The maximum absolute atomic E-state index is 12.8. The molecule has 178 valence electrons. The molecule has 1 aliphatic rings. The van der Waals surface area contributed by atoms with Gasteiger partial charge in [-0.15, -0.1) is 0 Å². The van der Waals surface area contributed by atoms with Crippen LogP contribution in [0.15, 0.2) is 77.7 Å². The number of nitrogens with one attached hydrogen (secondary N) is 2. The molecule has 4 rings (SSSR count). The van der Waals surface area contributed by atoms with Gasteiger partial charge in [-0.2, -0.15) is 0 Å². The van der Waals surface area contributed by atoms with Crippen molar-refractivity contribution in [3.05, 3.63) is 88.9 Å². The van der Waals surface area contributed by atoms with E-state index in [-0.39, 0.29) is 16.7 Å². The third-order valence-electron chi connectivity index (χ3n) is 5.96. The van der Waals surface area contributed by atoms with Crippen LogP contribution in [0, 0.1) is 12.8 Å². The van der Waals surface area contributed by atoms with E-state index in [2.05, 4.69) is 21.0 Å². The van der Waals surface area contributed by atoms with Crippen molar-refractivity contribution in [1.29, 1.82) is 0 Å². The van der Waals surface area contributed by atoms with Crippen molar-refractivity contribution in [2.45, 2.75) is 31.2 Å². The molecule has 3 aromatic rings. The molecule has 1 saturated heterocycles. The van der Waals surface area contributed by atoms with Gasteiger partial charge >= 0.3 is 0 Å². The molecule has 1 amide bonds. The van der Waals surface area contributed by atoms with Gasteiger partial charge in [-0.1, -0.05) is 35.9 Å². The highest BCUT2D eigenvalue weighted by atomic mass is 35.5. The second-order valence-corrected chi connectivity index (χ2v) is 10.8. The number of likely N-dealkylation sites (tertiary alicyclic amines) is 1. The van der Waals surface area contributed by atoms with Gasteiger partial charge in [-0.25, -0.2) is 8.42 Å². The van der Waals surface area contributed by atoms with Crippen molar-refractivity contribution >= 4 is 38.9 Å². The van der Waals surface area contributed by atoms with Crippen molar-refractivity contribution in [2.75, 3.05) is 23.1 Å². The Bertz CT molecular complexity index is 1250. The van der Waals surface area contributed by atoms with Gasteiger partial charge in [0.05, 0.1) is 4.90 Å². The Labute approximate surface area is 206 Å². The predicted octanol–water partition coefficient (Wildman–Crippen LogP) is 5.30. The van der Waals surface area contributed by atoms with Crippen LogP contribution in [0.25, 0.3) is 0 Å². The van der Waals surface area contributed by atoms with Gasteiger partial charge in [0.15, 0.2) is 0 Å². The number of hydrogen-bond acceptors (Lipinski definition) is 4. The summed E-state index contributed by atoms with van der Waals surface area (Å²) in [5, 5.41) is 3.66. The standard InChI is InChI=1S/C26H28ClN3O3S/c1-19-4-2-7-24(16-19)29-34(32,33)25-10-8-23(9-11-25)28-26(31)21-12-14-30(15-13-21)18-20-5-3-6-22(27)17-20/h2-11,16-17,21,29H,12-15,18H2,1H3,(H,28,31). The molecule has 0 radical (unpaired) electrons. The number of hydrogen-bond donors (Lipinski definition) is 2. The van der Waals surface area contributed by atoms with E-state index in [1.165, 1.54) is 17.7 Å². The maximum atomic E-state index is 12.8. The van der Waals surface area contributed by atoms with Crippen LogP contribution < -0.4 is 10.0 Å². The molecule has 0 atom stereocenters. The Morgan fingerprint density at radius 2 is 1.68 bits per heavy atom. The average Bonchev–Trinajstić information content (AvgIpc) is 2.80. The highest BCUT2D eigenvalue weighted by molar-refractivity contribution is 7.92. The third kappa shape index (κ3) is 6.38. The number of carbonyl (C=O) groups excluding carboxylic acids is 1. The summed E-state index contributed by atoms with van der Waals surface area (Å²) >= 11 is 6.07. The molecule has 2 N–H and O–H groups in total. The summed E-state index contributed by atoms with van der Waals surface area (Å²) < 4.78 is 27.9. The van der Waals surface area contributed by atoms with Gasteiger partial charge in [0.25, 0.3) is 10.0 Å². The lowest BCUT2D eigenvalue weighted by molar-refractivity contribution is -0.121. The Morgan fingerprint density at radius 1 is 0.971 bits per heavy atom. The highest BCUT2D eigenvalue weighted by Crippen LogP contribution is 2.23. The Morgan fingerprint density at radius 3 is 2.35 bits per heavy atom. The number of aryl methyl sites for hydroxylation is 1. The summed E-state index contributed by atoms with van der Waals surface area (Å²) in [7, 11) is -3.71. The molecule has 6 nitrogen and oxygen atoms in total. The first-order valence-corrected chi connectivity index (χ1v) is 13.1. The van der Waals surface area contributed by atoms with E-state index in [0.29, 0.717) is 11.4 Å². The molecule has 3 aromatic carbocycles. The molecule has 1 fully saturated rings. The number of carbonyl (C=O) groups is 1. The number of amides is 1. The first-order valence-electron chi connectivity index (χ1n) is 11.3. The van der Waals surface area contributed by atoms with Crippen LogP contribution in [0.4, 0.5) is 11.4 Å². The van der Waals surface area contributed by atoms with E-state index in [1.807, 2.05) is 31.2 Å². The first kappa shape index (κ1) is 24.3. The largest absolute Gasteiger partial charge is 0.326 e. The molecule has 8 heteroatoms. The number of nitrogens with zero attached hydrogens (tertiary/aromatic N) is 1. The molecule has 1 heterocycles. The molecular weight excluding hydrogens is 470 g/mol. The molecule has 0 bridgehead atoms. The normalized spacial score (nSPS) is 15.1. The van der Waals surface area contributed by atoms with Gasteiger partial charge < -0.3 is 5.32 Å². The van der Waals surface area contributed by atoms with E-state index < -0.39 is 10.0 Å². The summed E-state index contributed by atoms with van der Waals surface area (Å²) in [5.74, 6) is -0.0992. The van der Waals surface area contributed by atoms with E-state index in [4.69, 9.17) is 11.6 Å². The maximum Gasteiger partial charge on any atom is 0.261 e. The van der Waals surface area contributed by atoms with Gasteiger partial charge in [-0.05, 0) is 92.5 Å². The molecule has 1 aliphatic heterocycles. The molecule has 0 unspecified atom stereocenters. The van der Waals surface area contributed by atoms with Crippen LogP contribution in [0.3, 0.4) is 0 Å². The summed E-state index contributed by atoms with van der Waals surface area (Å²) in [6.45, 7) is 4.40. The van der Waals surface area contributed by atoms with E-state index in [1.54, 1.807) is 30.3 Å². The number of anilines is 2. The summed E-state index contributed by atoms with van der Waals surface area (Å²) in [4.78, 5) is 15.2. The van der Waals surface area contributed by atoms with E-state index in [0.717, 1.165) is 43.1 Å². The van der Waals surface area contributed by atoms with Crippen molar-refractivity contribution in [2.24, 2.45) is 5.92 Å².